The predicted molar refractivity (Wildman–Crippen MR) is 115 cm³/mol. The Labute approximate surface area is 177 Å². The Hall–Kier alpha value is -3.88. The molecule has 0 aliphatic heterocycles. The summed E-state index contributed by atoms with van der Waals surface area (Å²) < 4.78 is 17.7. The quantitative estimate of drug-likeness (QED) is 0.475. The largest absolute Gasteiger partial charge is 0.493 e. The van der Waals surface area contributed by atoms with Crippen molar-refractivity contribution in [1.82, 2.24) is 19.7 Å². The Morgan fingerprint density at radius 1 is 1.13 bits per heavy atom. The lowest BCUT2D eigenvalue weighted by atomic mass is 10.1. The van der Waals surface area contributed by atoms with Gasteiger partial charge in [-0.2, -0.15) is 4.98 Å². The van der Waals surface area contributed by atoms with Gasteiger partial charge in [-0.05, 0) is 36.2 Å². The van der Waals surface area contributed by atoms with Crippen molar-refractivity contribution in [3.8, 4) is 34.3 Å². The molecule has 0 unspecified atom stereocenters. The fourth-order valence-corrected chi connectivity index (χ4v) is 3.47. The Kier molecular flexibility index (Phi) is 5.33. The first-order chi connectivity index (χ1) is 14.9. The van der Waals surface area contributed by atoms with E-state index in [4.69, 9.17) is 14.0 Å². The summed E-state index contributed by atoms with van der Waals surface area (Å²) in [4.78, 5) is 31.6. The number of para-hydroxylation sites is 1. The molecule has 0 amide bonds. The average molecular weight is 422 g/mol. The van der Waals surface area contributed by atoms with Crippen LogP contribution < -0.4 is 20.6 Å². The number of methoxy groups -OCH3 is 2. The fraction of sp³-hybridized carbons (Fsp3) is 0.273. The van der Waals surface area contributed by atoms with Crippen molar-refractivity contribution < 1.29 is 14.0 Å². The summed E-state index contributed by atoms with van der Waals surface area (Å²) in [5.74, 6) is 1.85. The minimum absolute atomic E-state index is 0.208. The normalized spacial score (nSPS) is 11.3. The molecule has 0 aliphatic rings. The minimum atomic E-state index is -0.666. The van der Waals surface area contributed by atoms with E-state index in [2.05, 4.69) is 15.1 Å². The molecule has 9 heteroatoms. The van der Waals surface area contributed by atoms with Crippen LogP contribution in [0.1, 0.15) is 13.8 Å². The summed E-state index contributed by atoms with van der Waals surface area (Å²) in [7, 11) is 3.09. The van der Waals surface area contributed by atoms with Crippen LogP contribution in [0.3, 0.4) is 0 Å². The van der Waals surface area contributed by atoms with Crippen molar-refractivity contribution in [2.45, 2.75) is 20.4 Å². The van der Waals surface area contributed by atoms with Crippen molar-refractivity contribution in [3.63, 3.8) is 0 Å². The molecule has 9 nitrogen and oxygen atoms in total. The van der Waals surface area contributed by atoms with E-state index < -0.39 is 11.1 Å². The lowest BCUT2D eigenvalue weighted by molar-refractivity contribution is 0.353. The topological polar surface area (TPSA) is 112 Å². The van der Waals surface area contributed by atoms with E-state index >= 15 is 0 Å². The SMILES string of the molecule is COc1cccc(-c2nc(-c3ccc4c(c3)[nH]c(=O)c(=O)n4CC(C)C)no2)c1OC. The lowest BCUT2D eigenvalue weighted by Crippen LogP contribution is -2.37. The van der Waals surface area contributed by atoms with Gasteiger partial charge in [-0.1, -0.05) is 25.1 Å². The number of H-pyrrole nitrogens is 1. The zero-order chi connectivity index (χ0) is 22.1. The highest BCUT2D eigenvalue weighted by atomic mass is 16.5. The zero-order valence-corrected chi connectivity index (χ0v) is 17.6. The van der Waals surface area contributed by atoms with Gasteiger partial charge in [0.25, 0.3) is 5.89 Å². The van der Waals surface area contributed by atoms with Crippen LogP contribution in [-0.2, 0) is 6.54 Å². The van der Waals surface area contributed by atoms with Crippen LogP contribution in [0.5, 0.6) is 11.5 Å². The molecular weight excluding hydrogens is 400 g/mol. The Balaban J connectivity index is 1.80. The number of nitrogens with one attached hydrogen (secondary N) is 1. The fourth-order valence-electron chi connectivity index (χ4n) is 3.47. The molecule has 2 aromatic heterocycles. The van der Waals surface area contributed by atoms with Gasteiger partial charge in [-0.3, -0.25) is 9.59 Å². The van der Waals surface area contributed by atoms with Gasteiger partial charge in [0.2, 0.25) is 5.82 Å². The van der Waals surface area contributed by atoms with Crippen molar-refractivity contribution in [2.75, 3.05) is 14.2 Å². The van der Waals surface area contributed by atoms with Gasteiger partial charge < -0.3 is 23.5 Å². The predicted octanol–water partition coefficient (Wildman–Crippen LogP) is 3.08. The van der Waals surface area contributed by atoms with Crippen molar-refractivity contribution in [2.24, 2.45) is 5.92 Å². The highest BCUT2D eigenvalue weighted by Crippen LogP contribution is 2.37. The molecule has 0 aliphatic carbocycles. The Morgan fingerprint density at radius 3 is 2.65 bits per heavy atom. The first-order valence-corrected chi connectivity index (χ1v) is 9.75. The van der Waals surface area contributed by atoms with Crippen LogP contribution in [0.15, 0.2) is 50.5 Å². The average Bonchev–Trinajstić information content (AvgIpc) is 3.25. The summed E-state index contributed by atoms with van der Waals surface area (Å²) >= 11 is 0. The van der Waals surface area contributed by atoms with Gasteiger partial charge >= 0.3 is 11.1 Å². The molecule has 0 radical (unpaired) electrons. The van der Waals surface area contributed by atoms with Gasteiger partial charge in [-0.25, -0.2) is 0 Å². The number of benzene rings is 2. The number of aromatic nitrogens is 4. The highest BCUT2D eigenvalue weighted by molar-refractivity contribution is 5.80. The summed E-state index contributed by atoms with van der Waals surface area (Å²) in [6.45, 7) is 4.42. The molecule has 1 N–H and O–H groups in total. The maximum atomic E-state index is 12.3. The third-order valence-electron chi connectivity index (χ3n) is 4.84. The van der Waals surface area contributed by atoms with Gasteiger partial charge in [0.05, 0.1) is 30.8 Å². The monoisotopic (exact) mass is 422 g/mol. The summed E-state index contributed by atoms with van der Waals surface area (Å²) in [5, 5.41) is 4.07. The molecule has 2 heterocycles. The number of aromatic amines is 1. The van der Waals surface area contributed by atoms with Gasteiger partial charge in [-0.15, -0.1) is 0 Å². The molecular formula is C22H22N4O5. The first-order valence-electron chi connectivity index (χ1n) is 9.75. The lowest BCUT2D eigenvalue weighted by Gasteiger charge is -2.12. The standard InChI is InChI=1S/C22H22N4O5/c1-12(2)11-26-16-9-8-13(10-15(16)23-20(27)22(26)28)19-24-21(31-25-19)14-6-5-7-17(29-3)18(14)30-4/h5-10,12H,11H2,1-4H3,(H,23,27). The molecule has 0 atom stereocenters. The minimum Gasteiger partial charge on any atom is -0.493 e. The second-order valence-electron chi connectivity index (χ2n) is 7.46. The number of fused-ring (bicyclic) bond motifs is 1. The van der Waals surface area contributed by atoms with Crippen LogP contribution >= 0.6 is 0 Å². The number of rotatable bonds is 6. The first kappa shape index (κ1) is 20.4. The Morgan fingerprint density at radius 2 is 1.94 bits per heavy atom. The van der Waals surface area contributed by atoms with E-state index in [9.17, 15) is 9.59 Å². The second-order valence-corrected chi connectivity index (χ2v) is 7.46. The number of hydrogen-bond donors (Lipinski definition) is 1. The molecule has 4 aromatic rings. The van der Waals surface area contributed by atoms with Crippen LogP contribution in [0.2, 0.25) is 0 Å². The van der Waals surface area contributed by atoms with Gasteiger partial charge in [0.1, 0.15) is 0 Å². The van der Waals surface area contributed by atoms with Crippen LogP contribution in [0.25, 0.3) is 33.9 Å². The molecule has 0 spiro atoms. The van der Waals surface area contributed by atoms with Crippen molar-refractivity contribution in [3.05, 3.63) is 57.1 Å². The molecule has 4 rings (SSSR count). The van der Waals surface area contributed by atoms with Crippen molar-refractivity contribution >= 4 is 11.0 Å². The number of ether oxygens (including phenoxy) is 2. The van der Waals surface area contributed by atoms with E-state index in [1.54, 1.807) is 43.5 Å². The van der Waals surface area contributed by atoms with E-state index in [0.29, 0.717) is 46.0 Å². The third kappa shape index (κ3) is 3.70. The maximum absolute atomic E-state index is 12.3. The smallest absolute Gasteiger partial charge is 0.316 e. The summed E-state index contributed by atoms with van der Waals surface area (Å²) in [6.07, 6.45) is 0. The molecule has 0 saturated heterocycles. The number of hydrogen-bond acceptors (Lipinski definition) is 7. The highest BCUT2D eigenvalue weighted by Gasteiger charge is 2.18. The zero-order valence-electron chi connectivity index (χ0n) is 17.6. The molecule has 31 heavy (non-hydrogen) atoms. The molecule has 160 valence electrons. The van der Waals surface area contributed by atoms with Crippen LogP contribution in [0, 0.1) is 5.92 Å². The van der Waals surface area contributed by atoms with E-state index in [-0.39, 0.29) is 11.8 Å². The van der Waals surface area contributed by atoms with E-state index in [1.165, 1.54) is 11.7 Å². The maximum Gasteiger partial charge on any atom is 0.316 e. The van der Waals surface area contributed by atoms with Crippen molar-refractivity contribution in [1.29, 1.82) is 0 Å². The van der Waals surface area contributed by atoms with Gasteiger partial charge in [0.15, 0.2) is 11.5 Å². The van der Waals surface area contributed by atoms with E-state index in [1.807, 2.05) is 13.8 Å². The molecule has 2 aromatic carbocycles. The third-order valence-corrected chi connectivity index (χ3v) is 4.84. The molecule has 0 bridgehead atoms. The summed E-state index contributed by atoms with van der Waals surface area (Å²) in [6, 6.07) is 10.7. The Bertz CT molecular complexity index is 1370. The van der Waals surface area contributed by atoms with Crippen LogP contribution in [-0.4, -0.2) is 33.9 Å². The summed E-state index contributed by atoms with van der Waals surface area (Å²) in [5.41, 5.74) is 1.16. The second kappa shape index (κ2) is 8.10. The number of nitrogens with zero attached hydrogens (tertiary/aromatic N) is 3. The molecule has 0 fully saturated rings. The van der Waals surface area contributed by atoms with E-state index in [0.717, 1.165) is 0 Å². The molecule has 0 saturated carbocycles. The van der Waals surface area contributed by atoms with Crippen LogP contribution in [0.4, 0.5) is 0 Å². The van der Waals surface area contributed by atoms with Gasteiger partial charge in [0, 0.05) is 12.1 Å².